The predicted octanol–water partition coefficient (Wildman–Crippen LogP) is 2.16. The summed E-state index contributed by atoms with van der Waals surface area (Å²) in [5.74, 6) is -0.0585. The summed E-state index contributed by atoms with van der Waals surface area (Å²) in [6.45, 7) is 0.710. The molecule has 4 heteroatoms. The van der Waals surface area contributed by atoms with Crippen molar-refractivity contribution in [3.05, 3.63) is 59.7 Å². The fraction of sp³-hybridized carbons (Fsp3) is 0.188. The molecule has 102 valence electrons. The molecule has 1 unspecified atom stereocenters. The summed E-state index contributed by atoms with van der Waals surface area (Å²) in [5.41, 5.74) is 2.82. The summed E-state index contributed by atoms with van der Waals surface area (Å²) in [6, 6.07) is 14.5. The summed E-state index contributed by atoms with van der Waals surface area (Å²) in [5, 5.41) is 15.7. The minimum absolute atomic E-state index is 0.0553. The van der Waals surface area contributed by atoms with Gasteiger partial charge in [0.15, 0.2) is 0 Å². The van der Waals surface area contributed by atoms with Gasteiger partial charge in [-0.2, -0.15) is 0 Å². The Morgan fingerprint density at radius 1 is 1.20 bits per heavy atom. The maximum absolute atomic E-state index is 12.1. The van der Waals surface area contributed by atoms with Gasteiger partial charge in [0.05, 0.1) is 6.04 Å². The Balaban J connectivity index is 1.69. The molecule has 1 amide bonds. The number of para-hydroxylation sites is 1. The Bertz CT molecular complexity index is 640. The van der Waals surface area contributed by atoms with Crippen LogP contribution >= 0.6 is 0 Å². The quantitative estimate of drug-likeness (QED) is 0.782. The molecule has 0 saturated carbocycles. The Labute approximate surface area is 117 Å². The van der Waals surface area contributed by atoms with Crippen LogP contribution < -0.4 is 10.6 Å². The zero-order chi connectivity index (χ0) is 13.9. The Morgan fingerprint density at radius 3 is 2.90 bits per heavy atom. The minimum Gasteiger partial charge on any atom is -0.508 e. The molecule has 4 nitrogen and oxygen atoms in total. The van der Waals surface area contributed by atoms with Crippen molar-refractivity contribution >= 4 is 11.6 Å². The van der Waals surface area contributed by atoms with Gasteiger partial charge in [0, 0.05) is 17.8 Å². The van der Waals surface area contributed by atoms with Crippen LogP contribution in [0.5, 0.6) is 5.75 Å². The lowest BCUT2D eigenvalue weighted by Crippen LogP contribution is -2.43. The number of fused-ring (bicyclic) bond motifs is 1. The van der Waals surface area contributed by atoms with Gasteiger partial charge in [0.2, 0.25) is 0 Å². The smallest absolute Gasteiger partial charge is 0.251 e. The Hall–Kier alpha value is -2.49. The lowest BCUT2D eigenvalue weighted by molar-refractivity contribution is 0.0938. The van der Waals surface area contributed by atoms with Gasteiger partial charge in [-0.05, 0) is 36.2 Å². The van der Waals surface area contributed by atoms with Crippen molar-refractivity contribution in [3.8, 4) is 5.75 Å². The van der Waals surface area contributed by atoms with Crippen LogP contribution in [-0.2, 0) is 6.42 Å². The highest BCUT2D eigenvalue weighted by Gasteiger charge is 2.20. The van der Waals surface area contributed by atoms with Crippen molar-refractivity contribution in [2.45, 2.75) is 12.5 Å². The highest BCUT2D eigenvalue weighted by molar-refractivity contribution is 5.94. The van der Waals surface area contributed by atoms with Gasteiger partial charge < -0.3 is 15.7 Å². The average molecular weight is 268 g/mol. The van der Waals surface area contributed by atoms with Crippen LogP contribution in [0.25, 0.3) is 0 Å². The maximum Gasteiger partial charge on any atom is 0.251 e. The molecule has 0 radical (unpaired) electrons. The van der Waals surface area contributed by atoms with Gasteiger partial charge in [-0.3, -0.25) is 4.79 Å². The van der Waals surface area contributed by atoms with Gasteiger partial charge in [-0.15, -0.1) is 0 Å². The third-order valence-corrected chi connectivity index (χ3v) is 3.47. The van der Waals surface area contributed by atoms with Crippen LogP contribution in [-0.4, -0.2) is 23.6 Å². The van der Waals surface area contributed by atoms with Gasteiger partial charge >= 0.3 is 0 Å². The minimum atomic E-state index is -0.160. The van der Waals surface area contributed by atoms with E-state index in [9.17, 15) is 9.90 Å². The first kappa shape index (κ1) is 12.5. The fourth-order valence-corrected chi connectivity index (χ4v) is 2.46. The molecule has 2 aromatic carbocycles. The van der Waals surface area contributed by atoms with Crippen molar-refractivity contribution in [1.82, 2.24) is 5.32 Å². The van der Waals surface area contributed by atoms with Crippen molar-refractivity contribution in [2.24, 2.45) is 0 Å². The van der Waals surface area contributed by atoms with E-state index in [1.807, 2.05) is 18.2 Å². The highest BCUT2D eigenvalue weighted by atomic mass is 16.3. The van der Waals surface area contributed by atoms with Crippen LogP contribution in [0, 0.1) is 0 Å². The molecule has 1 atom stereocenters. The van der Waals surface area contributed by atoms with Crippen LogP contribution in [0.4, 0.5) is 5.69 Å². The van der Waals surface area contributed by atoms with E-state index in [0.29, 0.717) is 12.1 Å². The topological polar surface area (TPSA) is 61.4 Å². The second-order valence-electron chi connectivity index (χ2n) is 4.96. The lowest BCUT2D eigenvalue weighted by Gasteiger charge is -2.26. The normalized spacial score (nSPS) is 16.9. The molecule has 1 aliphatic heterocycles. The molecule has 3 N–H and O–H groups in total. The van der Waals surface area contributed by atoms with Gasteiger partial charge in [0.1, 0.15) is 5.75 Å². The number of benzene rings is 2. The van der Waals surface area contributed by atoms with Gasteiger partial charge in [-0.1, -0.05) is 24.3 Å². The number of amides is 1. The predicted molar refractivity (Wildman–Crippen MR) is 78.0 cm³/mol. The van der Waals surface area contributed by atoms with Gasteiger partial charge in [-0.25, -0.2) is 0 Å². The second kappa shape index (κ2) is 5.25. The van der Waals surface area contributed by atoms with E-state index >= 15 is 0 Å². The molecule has 0 saturated heterocycles. The lowest BCUT2D eigenvalue weighted by atomic mass is 9.99. The van der Waals surface area contributed by atoms with Crippen molar-refractivity contribution in [2.75, 3.05) is 11.9 Å². The number of hydrogen-bond donors (Lipinski definition) is 3. The molecule has 1 heterocycles. The molecule has 2 aromatic rings. The maximum atomic E-state index is 12.1. The zero-order valence-corrected chi connectivity index (χ0v) is 11.0. The standard InChI is InChI=1S/C16H16N2O2/c19-14-6-3-5-12(9-14)16(20)18-13-8-11-4-1-2-7-15(11)17-10-13/h1-7,9,13,17,19H,8,10H2,(H,18,20). The number of hydrogen-bond acceptors (Lipinski definition) is 3. The second-order valence-corrected chi connectivity index (χ2v) is 4.96. The highest BCUT2D eigenvalue weighted by Crippen LogP contribution is 2.21. The number of rotatable bonds is 2. The summed E-state index contributed by atoms with van der Waals surface area (Å²) in [6.07, 6.45) is 0.813. The number of aromatic hydroxyl groups is 1. The van der Waals surface area contributed by atoms with E-state index in [-0.39, 0.29) is 17.7 Å². The third kappa shape index (κ3) is 2.59. The number of carbonyl (C=O) groups excluding carboxylic acids is 1. The molecule has 0 aliphatic carbocycles. The third-order valence-electron chi connectivity index (χ3n) is 3.47. The SMILES string of the molecule is O=C(NC1CNc2ccccc2C1)c1cccc(O)c1. The Morgan fingerprint density at radius 2 is 2.05 bits per heavy atom. The van der Waals surface area contributed by atoms with E-state index in [1.54, 1.807) is 18.2 Å². The zero-order valence-electron chi connectivity index (χ0n) is 11.0. The van der Waals surface area contributed by atoms with E-state index in [4.69, 9.17) is 0 Å². The van der Waals surface area contributed by atoms with Crippen molar-refractivity contribution in [1.29, 1.82) is 0 Å². The number of phenolic OH excluding ortho intramolecular Hbond substituents is 1. The fourth-order valence-electron chi connectivity index (χ4n) is 2.46. The Kier molecular flexibility index (Phi) is 3.29. The molecular weight excluding hydrogens is 252 g/mol. The monoisotopic (exact) mass is 268 g/mol. The summed E-state index contributed by atoms with van der Waals surface area (Å²) < 4.78 is 0. The first-order valence-electron chi connectivity index (χ1n) is 6.64. The molecule has 3 rings (SSSR count). The van der Waals surface area contributed by atoms with Crippen LogP contribution in [0.2, 0.25) is 0 Å². The largest absolute Gasteiger partial charge is 0.508 e. The molecular formula is C16H16N2O2. The van der Waals surface area contributed by atoms with E-state index in [2.05, 4.69) is 16.7 Å². The first-order valence-corrected chi connectivity index (χ1v) is 6.64. The molecule has 0 spiro atoms. The number of carbonyl (C=O) groups is 1. The van der Waals surface area contributed by atoms with Crippen molar-refractivity contribution < 1.29 is 9.90 Å². The molecule has 0 aromatic heterocycles. The van der Waals surface area contributed by atoms with Crippen molar-refractivity contribution in [3.63, 3.8) is 0 Å². The molecule has 1 aliphatic rings. The molecule has 0 bridgehead atoms. The number of phenols is 1. The number of nitrogens with one attached hydrogen (secondary N) is 2. The van der Waals surface area contributed by atoms with Crippen LogP contribution in [0.3, 0.4) is 0 Å². The summed E-state index contributed by atoms with van der Waals surface area (Å²) in [4.78, 5) is 12.1. The first-order chi connectivity index (χ1) is 9.72. The summed E-state index contributed by atoms with van der Waals surface area (Å²) >= 11 is 0. The van der Waals surface area contributed by atoms with Crippen LogP contribution in [0.15, 0.2) is 48.5 Å². The average Bonchev–Trinajstić information content (AvgIpc) is 2.47. The number of anilines is 1. The van der Waals surface area contributed by atoms with E-state index in [0.717, 1.165) is 12.1 Å². The van der Waals surface area contributed by atoms with Crippen LogP contribution in [0.1, 0.15) is 15.9 Å². The van der Waals surface area contributed by atoms with E-state index in [1.165, 1.54) is 11.6 Å². The van der Waals surface area contributed by atoms with Gasteiger partial charge in [0.25, 0.3) is 5.91 Å². The summed E-state index contributed by atoms with van der Waals surface area (Å²) in [7, 11) is 0. The van der Waals surface area contributed by atoms with E-state index < -0.39 is 0 Å². The molecule has 0 fully saturated rings. The molecule has 20 heavy (non-hydrogen) atoms.